The summed E-state index contributed by atoms with van der Waals surface area (Å²) in [6.45, 7) is 3.58. The molecule has 51 heavy (non-hydrogen) atoms. The zero-order valence-corrected chi connectivity index (χ0v) is 33.2. The molecule has 1 unspecified atom stereocenters. The van der Waals surface area contributed by atoms with Crippen LogP contribution in [0, 0.1) is 0 Å². The highest BCUT2D eigenvalue weighted by Gasteiger charge is 2.25. The predicted molar refractivity (Wildman–Crippen MR) is 210 cm³/mol. The summed E-state index contributed by atoms with van der Waals surface area (Å²) in [4.78, 5) is 34.8. The zero-order valence-electron chi connectivity index (χ0n) is 32.3. The normalized spacial score (nSPS) is 13.9. The van der Waals surface area contributed by atoms with Gasteiger partial charge >= 0.3 is 19.8 Å². The number of hydrogen-bond donors (Lipinski definition) is 2. The van der Waals surface area contributed by atoms with Gasteiger partial charge in [-0.25, -0.2) is 4.57 Å². The molecule has 0 aromatic heterocycles. The highest BCUT2D eigenvalue weighted by Crippen LogP contribution is 2.43. The Labute approximate surface area is 311 Å². The summed E-state index contributed by atoms with van der Waals surface area (Å²) in [5.74, 6) is -0.857. The van der Waals surface area contributed by atoms with E-state index in [0.29, 0.717) is 12.8 Å². The van der Waals surface area contributed by atoms with Crippen molar-refractivity contribution in [1.82, 2.24) is 0 Å². The van der Waals surface area contributed by atoms with Crippen LogP contribution in [-0.2, 0) is 32.7 Å². The van der Waals surface area contributed by atoms with Gasteiger partial charge in [0.25, 0.3) is 0 Å². The van der Waals surface area contributed by atoms with E-state index in [9.17, 15) is 19.0 Å². The van der Waals surface area contributed by atoms with Crippen LogP contribution in [0.5, 0.6) is 0 Å². The maximum absolute atomic E-state index is 12.5. The SMILES string of the molecule is CC/C=C\C/C=C\C/C=C\C/C=C\CCCCCCC(=O)OC[C@H](COP(=O)(O)OCCN)OC(=O)CCCCCCCCCCCCCCC. The van der Waals surface area contributed by atoms with Gasteiger partial charge in [0, 0.05) is 19.4 Å². The number of allylic oxidation sites excluding steroid dienone is 8. The lowest BCUT2D eigenvalue weighted by Crippen LogP contribution is -2.29. The molecule has 0 amide bonds. The van der Waals surface area contributed by atoms with Crippen molar-refractivity contribution < 1.29 is 37.6 Å². The smallest absolute Gasteiger partial charge is 0.462 e. The number of hydrogen-bond acceptors (Lipinski definition) is 8. The number of esters is 2. The number of phosphoric acid groups is 1. The van der Waals surface area contributed by atoms with Crippen molar-refractivity contribution in [2.75, 3.05) is 26.4 Å². The Bertz CT molecular complexity index is 981. The second kappa shape index (κ2) is 37.7. The van der Waals surface area contributed by atoms with E-state index in [0.717, 1.165) is 70.6 Å². The van der Waals surface area contributed by atoms with Crippen LogP contribution in [0.25, 0.3) is 0 Å². The molecule has 3 N–H and O–H groups in total. The topological polar surface area (TPSA) is 134 Å². The van der Waals surface area contributed by atoms with Crippen LogP contribution in [0.2, 0.25) is 0 Å². The number of nitrogens with two attached hydrogens (primary N) is 1. The molecule has 0 radical (unpaired) electrons. The maximum atomic E-state index is 12.5. The molecule has 2 atom stereocenters. The highest BCUT2D eigenvalue weighted by atomic mass is 31.2. The molecule has 0 rings (SSSR count). The molecule has 0 aromatic rings. The van der Waals surface area contributed by atoms with Gasteiger partial charge in [-0.2, -0.15) is 0 Å². The molecule has 0 aliphatic heterocycles. The fourth-order valence-corrected chi connectivity index (χ4v) is 6.04. The van der Waals surface area contributed by atoms with E-state index in [2.05, 4.69) is 62.5 Å². The molecule has 0 aliphatic rings. The summed E-state index contributed by atoms with van der Waals surface area (Å²) in [6.07, 6.45) is 41.4. The summed E-state index contributed by atoms with van der Waals surface area (Å²) in [7, 11) is -4.38. The highest BCUT2D eigenvalue weighted by molar-refractivity contribution is 7.47. The average molecular weight is 740 g/mol. The Kier molecular flexibility index (Phi) is 36.2. The Hall–Kier alpha value is -2.03. The monoisotopic (exact) mass is 740 g/mol. The molecule has 0 aromatic carbocycles. The van der Waals surface area contributed by atoms with Gasteiger partial charge in [-0.15, -0.1) is 0 Å². The molecular weight excluding hydrogens is 665 g/mol. The van der Waals surface area contributed by atoms with Crippen molar-refractivity contribution in [2.24, 2.45) is 5.73 Å². The number of unbranched alkanes of at least 4 members (excludes halogenated alkanes) is 16. The van der Waals surface area contributed by atoms with Gasteiger partial charge < -0.3 is 20.1 Å². The van der Waals surface area contributed by atoms with E-state index < -0.39 is 32.5 Å². The molecule has 296 valence electrons. The number of rotatable bonds is 37. The van der Waals surface area contributed by atoms with E-state index in [1.165, 1.54) is 57.8 Å². The van der Waals surface area contributed by atoms with Gasteiger partial charge in [-0.1, -0.05) is 152 Å². The molecule has 0 fully saturated rings. The summed E-state index contributed by atoms with van der Waals surface area (Å²) < 4.78 is 32.7. The molecular formula is C41H74NO8P. The number of ether oxygens (including phenoxy) is 2. The third-order valence-corrected chi connectivity index (χ3v) is 9.21. The quantitative estimate of drug-likeness (QED) is 0.0276. The van der Waals surface area contributed by atoms with Crippen molar-refractivity contribution in [2.45, 2.75) is 174 Å². The Morgan fingerprint density at radius 2 is 1.08 bits per heavy atom. The molecule has 0 saturated carbocycles. The van der Waals surface area contributed by atoms with Crippen molar-refractivity contribution >= 4 is 19.8 Å². The van der Waals surface area contributed by atoms with E-state index in [1.807, 2.05) is 0 Å². The molecule has 0 bridgehead atoms. The minimum atomic E-state index is -4.38. The first-order valence-corrected chi connectivity index (χ1v) is 21.6. The van der Waals surface area contributed by atoms with Crippen molar-refractivity contribution in [3.8, 4) is 0 Å². The van der Waals surface area contributed by atoms with Crippen LogP contribution in [0.3, 0.4) is 0 Å². The molecule has 9 nitrogen and oxygen atoms in total. The molecule has 0 heterocycles. The third kappa shape index (κ3) is 37.5. The Morgan fingerprint density at radius 1 is 0.608 bits per heavy atom. The zero-order chi connectivity index (χ0) is 37.5. The van der Waals surface area contributed by atoms with E-state index in [4.69, 9.17) is 24.3 Å². The second-order valence-corrected chi connectivity index (χ2v) is 14.6. The van der Waals surface area contributed by atoms with Gasteiger partial charge in [-0.3, -0.25) is 18.6 Å². The molecule has 0 saturated heterocycles. The summed E-state index contributed by atoms with van der Waals surface area (Å²) in [5.41, 5.74) is 5.33. The minimum absolute atomic E-state index is 0.0491. The van der Waals surface area contributed by atoms with E-state index in [1.54, 1.807) is 0 Å². The van der Waals surface area contributed by atoms with Gasteiger partial charge in [0.1, 0.15) is 6.61 Å². The summed E-state index contributed by atoms with van der Waals surface area (Å²) in [6, 6.07) is 0. The van der Waals surface area contributed by atoms with Gasteiger partial charge in [0.05, 0.1) is 13.2 Å². The number of carbonyl (C=O) groups excluding carboxylic acids is 2. The lowest BCUT2D eigenvalue weighted by atomic mass is 10.0. The van der Waals surface area contributed by atoms with Gasteiger partial charge in [0.2, 0.25) is 0 Å². The van der Waals surface area contributed by atoms with Crippen molar-refractivity contribution in [1.29, 1.82) is 0 Å². The first kappa shape index (κ1) is 49.0. The minimum Gasteiger partial charge on any atom is -0.462 e. The standard InChI is InChI=1S/C41H74NO8P/c1-3-5-7-9-11-13-15-17-18-19-20-22-23-25-27-29-31-33-40(43)47-37-39(38-49-51(45,46)48-36-35-42)50-41(44)34-32-30-28-26-24-21-16-14-12-10-8-6-4-2/h5,7,11,13,17-18,20,22,39H,3-4,6,8-10,12,14-16,19,21,23-38,42H2,1-2H3,(H,45,46)/b7-5-,13-11-,18-17-,22-20-/t39-/m1/s1. The Balaban J connectivity index is 4.23. The predicted octanol–water partition coefficient (Wildman–Crippen LogP) is 11.2. The van der Waals surface area contributed by atoms with Crippen molar-refractivity contribution in [3.63, 3.8) is 0 Å². The molecule has 0 spiro atoms. The summed E-state index contributed by atoms with van der Waals surface area (Å²) >= 11 is 0. The lowest BCUT2D eigenvalue weighted by Gasteiger charge is -2.19. The second-order valence-electron chi connectivity index (χ2n) is 13.1. The molecule has 0 aliphatic carbocycles. The van der Waals surface area contributed by atoms with Crippen LogP contribution >= 0.6 is 7.82 Å². The van der Waals surface area contributed by atoms with Crippen LogP contribution in [0.15, 0.2) is 48.6 Å². The summed E-state index contributed by atoms with van der Waals surface area (Å²) in [5, 5.41) is 0. The first-order valence-electron chi connectivity index (χ1n) is 20.1. The average Bonchev–Trinajstić information content (AvgIpc) is 3.11. The maximum Gasteiger partial charge on any atom is 0.472 e. The third-order valence-electron chi connectivity index (χ3n) is 8.23. The van der Waals surface area contributed by atoms with E-state index >= 15 is 0 Å². The van der Waals surface area contributed by atoms with Crippen LogP contribution < -0.4 is 5.73 Å². The van der Waals surface area contributed by atoms with Crippen LogP contribution in [0.1, 0.15) is 168 Å². The lowest BCUT2D eigenvalue weighted by molar-refractivity contribution is -0.161. The van der Waals surface area contributed by atoms with Crippen LogP contribution in [-0.4, -0.2) is 49.3 Å². The molecule has 10 heteroatoms. The van der Waals surface area contributed by atoms with Gasteiger partial charge in [-0.05, 0) is 51.4 Å². The Morgan fingerprint density at radius 3 is 1.61 bits per heavy atom. The first-order chi connectivity index (χ1) is 24.8. The van der Waals surface area contributed by atoms with Gasteiger partial charge in [0.15, 0.2) is 6.10 Å². The van der Waals surface area contributed by atoms with E-state index in [-0.39, 0.29) is 32.6 Å². The fraction of sp³-hybridized carbons (Fsp3) is 0.756. The van der Waals surface area contributed by atoms with Crippen molar-refractivity contribution in [3.05, 3.63) is 48.6 Å². The number of phosphoric ester groups is 1. The fourth-order valence-electron chi connectivity index (χ4n) is 5.27. The largest absolute Gasteiger partial charge is 0.472 e. The van der Waals surface area contributed by atoms with Crippen LogP contribution in [0.4, 0.5) is 0 Å². The number of carbonyl (C=O) groups is 2.